The van der Waals surface area contributed by atoms with Crippen molar-refractivity contribution in [3.63, 3.8) is 0 Å². The van der Waals surface area contributed by atoms with Gasteiger partial charge in [-0.3, -0.25) is 4.68 Å². The van der Waals surface area contributed by atoms with E-state index in [2.05, 4.69) is 25.6 Å². The third-order valence-electron chi connectivity index (χ3n) is 4.01. The van der Waals surface area contributed by atoms with E-state index in [1.165, 1.54) is 0 Å². The zero-order valence-corrected chi connectivity index (χ0v) is 13.4. The highest BCUT2D eigenvalue weighted by Gasteiger charge is 2.17. The predicted molar refractivity (Wildman–Crippen MR) is 85.0 cm³/mol. The predicted octanol–water partition coefficient (Wildman–Crippen LogP) is 2.03. The van der Waals surface area contributed by atoms with Gasteiger partial charge in [-0.15, -0.1) is 0 Å². The molecule has 0 saturated carbocycles. The molecule has 9 nitrogen and oxygen atoms in total. The number of aromatic nitrogens is 6. The third-order valence-corrected chi connectivity index (χ3v) is 4.01. The summed E-state index contributed by atoms with van der Waals surface area (Å²) >= 11 is 0. The number of nitrogen functional groups attached to an aromatic ring is 1. The highest BCUT2D eigenvalue weighted by molar-refractivity contribution is 5.85. The molecule has 2 N–H and O–H groups in total. The Balaban J connectivity index is 1.72. The van der Waals surface area contributed by atoms with Crippen LogP contribution < -0.4 is 5.73 Å². The largest absolute Gasteiger partial charge is 0.396 e. The quantitative estimate of drug-likeness (QED) is 0.607. The number of fused-ring (bicyclic) bond motifs is 1. The van der Waals surface area contributed by atoms with Crippen LogP contribution in [0.5, 0.6) is 0 Å². The van der Waals surface area contributed by atoms with Crippen molar-refractivity contribution in [2.45, 2.75) is 27.3 Å². The highest BCUT2D eigenvalue weighted by atomic mass is 16.6. The Hall–Kier alpha value is -3.23. The first-order valence-electron chi connectivity index (χ1n) is 7.38. The first-order valence-corrected chi connectivity index (χ1v) is 7.38. The number of pyridine rings is 1. The molecule has 24 heavy (non-hydrogen) atoms. The van der Waals surface area contributed by atoms with E-state index in [4.69, 9.17) is 14.9 Å². The van der Waals surface area contributed by atoms with Crippen molar-refractivity contribution >= 4 is 16.9 Å². The molecule has 0 fully saturated rings. The maximum absolute atomic E-state index is 6.19. The lowest BCUT2D eigenvalue weighted by Gasteiger charge is -2.08. The van der Waals surface area contributed by atoms with Gasteiger partial charge in [-0.2, -0.15) is 5.10 Å². The molecule has 0 saturated heterocycles. The first kappa shape index (κ1) is 14.4. The van der Waals surface area contributed by atoms with Gasteiger partial charge in [0, 0.05) is 17.5 Å². The summed E-state index contributed by atoms with van der Waals surface area (Å²) in [6.45, 7) is 6.10. The van der Waals surface area contributed by atoms with Gasteiger partial charge >= 0.3 is 0 Å². The van der Waals surface area contributed by atoms with Crippen LogP contribution in [-0.2, 0) is 6.54 Å². The van der Waals surface area contributed by atoms with Crippen LogP contribution in [0, 0.1) is 20.8 Å². The Kier molecular flexibility index (Phi) is 3.08. The smallest absolute Gasteiger partial charge is 0.226 e. The summed E-state index contributed by atoms with van der Waals surface area (Å²) < 4.78 is 11.7. The second-order valence-electron chi connectivity index (χ2n) is 5.62. The number of rotatable bonds is 3. The summed E-state index contributed by atoms with van der Waals surface area (Å²) in [5.41, 5.74) is 11.7. The van der Waals surface area contributed by atoms with Crippen LogP contribution in [0.25, 0.3) is 22.4 Å². The van der Waals surface area contributed by atoms with Crippen molar-refractivity contribution in [2.75, 3.05) is 5.73 Å². The highest BCUT2D eigenvalue weighted by Crippen LogP contribution is 2.27. The summed E-state index contributed by atoms with van der Waals surface area (Å²) in [7, 11) is 0. The summed E-state index contributed by atoms with van der Waals surface area (Å²) in [6, 6.07) is 1.92. The molecule has 0 aliphatic heterocycles. The molecule has 0 bridgehead atoms. The molecule has 4 aromatic rings. The van der Waals surface area contributed by atoms with Gasteiger partial charge in [0.1, 0.15) is 5.76 Å². The Bertz CT molecular complexity index is 1020. The molecule has 0 atom stereocenters. The van der Waals surface area contributed by atoms with Crippen LogP contribution in [0.1, 0.15) is 22.7 Å². The molecule has 0 unspecified atom stereocenters. The third kappa shape index (κ3) is 2.13. The molecular formula is C15H15N7O2. The lowest BCUT2D eigenvalue weighted by Crippen LogP contribution is -2.08. The number of hydrogen-bond acceptors (Lipinski definition) is 8. The minimum atomic E-state index is 0.408. The molecular weight excluding hydrogens is 310 g/mol. The van der Waals surface area contributed by atoms with Gasteiger partial charge in [-0.25, -0.2) is 9.61 Å². The van der Waals surface area contributed by atoms with Gasteiger partial charge in [0.15, 0.2) is 5.52 Å². The average molecular weight is 325 g/mol. The van der Waals surface area contributed by atoms with E-state index in [0.29, 0.717) is 23.4 Å². The first-order chi connectivity index (χ1) is 11.5. The van der Waals surface area contributed by atoms with Crippen molar-refractivity contribution in [3.05, 3.63) is 35.0 Å². The van der Waals surface area contributed by atoms with E-state index in [-0.39, 0.29) is 0 Å². The van der Waals surface area contributed by atoms with Crippen LogP contribution in [0.3, 0.4) is 0 Å². The van der Waals surface area contributed by atoms with Crippen molar-refractivity contribution in [1.82, 2.24) is 30.2 Å². The fourth-order valence-electron chi connectivity index (χ4n) is 2.78. The average Bonchev–Trinajstić information content (AvgIpc) is 3.25. The molecule has 9 heteroatoms. The van der Waals surface area contributed by atoms with Crippen LogP contribution in [0.15, 0.2) is 21.4 Å². The maximum Gasteiger partial charge on any atom is 0.226 e. The Morgan fingerprint density at radius 1 is 1.12 bits per heavy atom. The number of nitrogens with zero attached hydrogens (tertiary/aromatic N) is 6. The summed E-state index contributed by atoms with van der Waals surface area (Å²) in [4.78, 5) is 4.36. The van der Waals surface area contributed by atoms with Crippen molar-refractivity contribution in [2.24, 2.45) is 0 Å². The van der Waals surface area contributed by atoms with Gasteiger partial charge in [0.25, 0.3) is 0 Å². The van der Waals surface area contributed by atoms with E-state index >= 15 is 0 Å². The van der Waals surface area contributed by atoms with Crippen molar-refractivity contribution < 1.29 is 9.15 Å². The molecule has 0 aliphatic rings. The van der Waals surface area contributed by atoms with Crippen molar-refractivity contribution in [3.8, 4) is 11.3 Å². The molecule has 0 spiro atoms. The Morgan fingerprint density at radius 2 is 1.96 bits per heavy atom. The fraction of sp³-hybridized carbons (Fsp3) is 0.267. The van der Waals surface area contributed by atoms with E-state index in [9.17, 15) is 0 Å². The zero-order valence-electron chi connectivity index (χ0n) is 13.4. The van der Waals surface area contributed by atoms with Crippen LogP contribution in [0.2, 0.25) is 0 Å². The molecule has 0 radical (unpaired) electrons. The van der Waals surface area contributed by atoms with Gasteiger partial charge in [-0.1, -0.05) is 5.16 Å². The number of hydrogen-bond donors (Lipinski definition) is 1. The molecule has 4 aromatic heterocycles. The number of anilines is 1. The lowest BCUT2D eigenvalue weighted by atomic mass is 10.1. The van der Waals surface area contributed by atoms with Crippen molar-refractivity contribution in [1.29, 1.82) is 0 Å². The molecule has 0 aliphatic carbocycles. The second-order valence-corrected chi connectivity index (χ2v) is 5.62. The Morgan fingerprint density at radius 3 is 2.71 bits per heavy atom. The molecule has 0 aromatic carbocycles. The van der Waals surface area contributed by atoms with Gasteiger partial charge in [0.05, 0.1) is 29.2 Å². The zero-order chi connectivity index (χ0) is 16.8. The number of nitrogens with two attached hydrogens (primary N) is 1. The minimum Gasteiger partial charge on any atom is -0.396 e. The maximum atomic E-state index is 6.19. The second kappa shape index (κ2) is 5.15. The van der Waals surface area contributed by atoms with E-state index in [1.54, 1.807) is 4.68 Å². The topological polar surface area (TPSA) is 122 Å². The normalized spacial score (nSPS) is 11.5. The van der Waals surface area contributed by atoms with Gasteiger partial charge in [-0.05, 0) is 37.2 Å². The Labute approximate surface area is 136 Å². The van der Waals surface area contributed by atoms with E-state index in [1.807, 2.05) is 33.0 Å². The van der Waals surface area contributed by atoms with Crippen LogP contribution >= 0.6 is 0 Å². The van der Waals surface area contributed by atoms with Gasteiger partial charge < -0.3 is 10.3 Å². The minimum absolute atomic E-state index is 0.408. The number of aryl methyl sites for hydroxylation is 3. The molecule has 0 amide bonds. The standard InChI is InChI=1S/C15H15N7O2/c1-7-10(13(16)14-15(17-7)21-24-20-14)6-22-5-4-11(18-22)12-8(2)19-23-9(12)3/h4-5H,6,16H2,1-3H3. The van der Waals surface area contributed by atoms with Crippen LogP contribution in [-0.4, -0.2) is 30.2 Å². The molecule has 4 rings (SSSR count). The van der Waals surface area contributed by atoms with E-state index < -0.39 is 0 Å². The molecule has 122 valence electrons. The summed E-state index contributed by atoms with van der Waals surface area (Å²) in [5, 5.41) is 16.1. The summed E-state index contributed by atoms with van der Waals surface area (Å²) in [6.07, 6.45) is 1.88. The monoisotopic (exact) mass is 325 g/mol. The van der Waals surface area contributed by atoms with E-state index in [0.717, 1.165) is 34.0 Å². The molecule has 4 heterocycles. The van der Waals surface area contributed by atoms with Crippen LogP contribution in [0.4, 0.5) is 5.69 Å². The summed E-state index contributed by atoms with van der Waals surface area (Å²) in [5.74, 6) is 0.741. The SMILES string of the molecule is Cc1nc2nonc2c(N)c1Cn1ccc(-c2c(C)noc2C)n1. The van der Waals surface area contributed by atoms with Gasteiger partial charge in [0.2, 0.25) is 5.65 Å². The fourth-order valence-corrected chi connectivity index (χ4v) is 2.78. The lowest BCUT2D eigenvalue weighted by molar-refractivity contribution is 0.315.